The molecule has 1 aliphatic carbocycles. The van der Waals surface area contributed by atoms with Crippen LogP contribution < -0.4 is 10.2 Å². The third-order valence-electron chi connectivity index (χ3n) is 5.97. The second-order valence-electron chi connectivity index (χ2n) is 8.74. The fourth-order valence-corrected chi connectivity index (χ4v) is 4.48. The number of amidine groups is 1. The Morgan fingerprint density at radius 1 is 1.14 bits per heavy atom. The van der Waals surface area contributed by atoms with Gasteiger partial charge in [-0.25, -0.2) is 5.48 Å². The maximum atomic E-state index is 6.39. The summed E-state index contributed by atoms with van der Waals surface area (Å²) >= 11 is 12.4. The van der Waals surface area contributed by atoms with E-state index in [4.69, 9.17) is 42.5 Å². The fourth-order valence-electron chi connectivity index (χ4n) is 3.99. The molecule has 1 N–H and O–H groups in total. The Kier molecular flexibility index (Phi) is 7.41. The van der Waals surface area contributed by atoms with Crippen molar-refractivity contribution in [2.24, 2.45) is 4.99 Å². The molecule has 1 atom stereocenters. The van der Waals surface area contributed by atoms with Gasteiger partial charge in [0.05, 0.1) is 24.8 Å². The van der Waals surface area contributed by atoms with Gasteiger partial charge in [0.2, 0.25) is 5.88 Å². The van der Waals surface area contributed by atoms with E-state index in [2.05, 4.69) is 28.3 Å². The van der Waals surface area contributed by atoms with Crippen molar-refractivity contribution in [1.82, 2.24) is 15.7 Å². The first-order valence-corrected chi connectivity index (χ1v) is 12.6. The molecule has 1 fully saturated rings. The van der Waals surface area contributed by atoms with Gasteiger partial charge in [0, 0.05) is 10.0 Å². The molecule has 2 aliphatic rings. The molecule has 3 aromatic rings. The monoisotopic (exact) mass is 524 g/mol. The van der Waals surface area contributed by atoms with Crippen LogP contribution in [0.4, 0.5) is 0 Å². The van der Waals surface area contributed by atoms with E-state index >= 15 is 0 Å². The molecule has 0 radical (unpaired) electrons. The SMILES string of the molecule is C=C(OCC)c1cc(C2=NC(Cc3ccc(Cl)cc3Cl)CON2)c(Oc2cccc(C3CC3)c2)nn1. The van der Waals surface area contributed by atoms with Gasteiger partial charge in [-0.1, -0.05) is 48.0 Å². The molecule has 2 heterocycles. The van der Waals surface area contributed by atoms with Crippen LogP contribution in [0.5, 0.6) is 11.6 Å². The smallest absolute Gasteiger partial charge is 0.250 e. The minimum atomic E-state index is -0.183. The number of rotatable bonds is 9. The zero-order valence-electron chi connectivity index (χ0n) is 19.8. The predicted octanol–water partition coefficient (Wildman–Crippen LogP) is 6.35. The summed E-state index contributed by atoms with van der Waals surface area (Å²) in [7, 11) is 0. The van der Waals surface area contributed by atoms with Crippen molar-refractivity contribution >= 4 is 34.8 Å². The zero-order valence-corrected chi connectivity index (χ0v) is 21.4. The maximum absolute atomic E-state index is 6.39. The topological polar surface area (TPSA) is 77.9 Å². The minimum absolute atomic E-state index is 0.183. The fraction of sp³-hybridized carbons (Fsp3) is 0.296. The van der Waals surface area contributed by atoms with Gasteiger partial charge in [0.1, 0.15) is 17.2 Å². The van der Waals surface area contributed by atoms with E-state index in [9.17, 15) is 0 Å². The van der Waals surface area contributed by atoms with E-state index < -0.39 is 0 Å². The molecule has 1 unspecified atom stereocenters. The molecule has 9 heteroatoms. The molecule has 0 bridgehead atoms. The van der Waals surface area contributed by atoms with Crippen molar-refractivity contribution in [3.63, 3.8) is 0 Å². The normalized spacial score (nSPS) is 17.2. The summed E-state index contributed by atoms with van der Waals surface area (Å²) in [6.45, 7) is 6.68. The van der Waals surface area contributed by atoms with Crippen LogP contribution in [0.1, 0.15) is 48.1 Å². The van der Waals surface area contributed by atoms with Gasteiger partial charge in [-0.3, -0.25) is 9.83 Å². The number of aliphatic imine (C=N–C) groups is 1. The van der Waals surface area contributed by atoms with Crippen LogP contribution in [-0.4, -0.2) is 35.3 Å². The zero-order chi connectivity index (χ0) is 25.1. The number of hydrogen-bond donors (Lipinski definition) is 1. The van der Waals surface area contributed by atoms with Gasteiger partial charge < -0.3 is 9.47 Å². The van der Waals surface area contributed by atoms with Gasteiger partial charge in [-0.05, 0) is 73.6 Å². The van der Waals surface area contributed by atoms with Crippen LogP contribution in [-0.2, 0) is 16.0 Å². The Bertz CT molecular complexity index is 1310. The van der Waals surface area contributed by atoms with E-state index in [0.29, 0.717) is 70.1 Å². The number of nitrogens with zero attached hydrogens (tertiary/aromatic N) is 3. The predicted molar refractivity (Wildman–Crippen MR) is 141 cm³/mol. The van der Waals surface area contributed by atoms with Crippen LogP contribution in [0.2, 0.25) is 10.0 Å². The first kappa shape index (κ1) is 24.6. The number of nitrogens with one attached hydrogen (secondary N) is 1. The first-order valence-electron chi connectivity index (χ1n) is 11.9. The Balaban J connectivity index is 1.47. The molecule has 36 heavy (non-hydrogen) atoms. The maximum Gasteiger partial charge on any atom is 0.250 e. The number of halogens is 2. The number of hydrogen-bond acceptors (Lipinski definition) is 7. The van der Waals surface area contributed by atoms with Crippen molar-refractivity contribution in [3.05, 3.63) is 87.5 Å². The average molecular weight is 525 g/mol. The Labute approximate surface area is 220 Å². The Morgan fingerprint density at radius 3 is 2.78 bits per heavy atom. The van der Waals surface area contributed by atoms with Gasteiger partial charge in [-0.2, -0.15) is 0 Å². The first-order chi connectivity index (χ1) is 17.5. The molecule has 1 saturated carbocycles. The lowest BCUT2D eigenvalue weighted by atomic mass is 10.1. The standard InChI is InChI=1S/C27H26Cl2N4O3/c1-3-34-16(2)25-14-23(27(32-31-25)36-22-6-4-5-18(12-22)17-7-8-17)26-30-21(15-35-33-26)11-19-9-10-20(28)13-24(19)29/h4-6,9-10,12-14,17,21H,2-3,7-8,11,15H2,1H3,(H,30,33). The lowest BCUT2D eigenvalue weighted by Crippen LogP contribution is -2.37. The van der Waals surface area contributed by atoms with Gasteiger partial charge >= 0.3 is 0 Å². The van der Waals surface area contributed by atoms with Crippen molar-refractivity contribution < 1.29 is 14.3 Å². The summed E-state index contributed by atoms with van der Waals surface area (Å²) in [6, 6.07) is 15.1. The van der Waals surface area contributed by atoms with Gasteiger partial charge in [0.15, 0.2) is 5.84 Å². The Morgan fingerprint density at radius 2 is 2.00 bits per heavy atom. The van der Waals surface area contributed by atoms with Crippen molar-refractivity contribution in [1.29, 1.82) is 0 Å². The molecule has 5 rings (SSSR count). The summed E-state index contributed by atoms with van der Waals surface area (Å²) in [4.78, 5) is 10.6. The molecule has 2 aromatic carbocycles. The average Bonchev–Trinajstić information content (AvgIpc) is 3.72. The van der Waals surface area contributed by atoms with Crippen LogP contribution in [0.15, 0.2) is 60.1 Å². The number of aromatic nitrogens is 2. The number of ether oxygens (including phenoxy) is 2. The molecule has 0 amide bonds. The summed E-state index contributed by atoms with van der Waals surface area (Å²) in [5, 5.41) is 9.81. The van der Waals surface area contributed by atoms with E-state index in [0.717, 1.165) is 5.56 Å². The lowest BCUT2D eigenvalue weighted by molar-refractivity contribution is 0.0623. The molecule has 1 aliphatic heterocycles. The summed E-state index contributed by atoms with van der Waals surface area (Å²) in [6.07, 6.45) is 3.00. The van der Waals surface area contributed by atoms with Gasteiger partial charge in [-0.15, -0.1) is 10.2 Å². The lowest BCUT2D eigenvalue weighted by Gasteiger charge is -2.23. The van der Waals surface area contributed by atoms with Crippen LogP contribution in [0, 0.1) is 0 Å². The van der Waals surface area contributed by atoms with Crippen molar-refractivity contribution in [2.45, 2.75) is 38.1 Å². The highest BCUT2D eigenvalue weighted by Crippen LogP contribution is 2.41. The third-order valence-corrected chi connectivity index (χ3v) is 6.55. The summed E-state index contributed by atoms with van der Waals surface area (Å²) in [5.41, 5.74) is 6.19. The molecular formula is C27H26Cl2N4O3. The quantitative estimate of drug-likeness (QED) is 0.328. The second kappa shape index (κ2) is 10.9. The summed E-state index contributed by atoms with van der Waals surface area (Å²) in [5.74, 6) is 2.49. The highest BCUT2D eigenvalue weighted by atomic mass is 35.5. The number of benzene rings is 2. The third kappa shape index (κ3) is 5.81. The Hall–Kier alpha value is -3.13. The molecule has 186 valence electrons. The van der Waals surface area contributed by atoms with E-state index in [1.807, 2.05) is 37.3 Å². The van der Waals surface area contributed by atoms with E-state index in [1.54, 1.807) is 12.1 Å². The van der Waals surface area contributed by atoms with Crippen LogP contribution in [0.25, 0.3) is 5.76 Å². The van der Waals surface area contributed by atoms with Crippen LogP contribution in [0.3, 0.4) is 0 Å². The van der Waals surface area contributed by atoms with Crippen molar-refractivity contribution in [2.75, 3.05) is 13.2 Å². The van der Waals surface area contributed by atoms with E-state index in [-0.39, 0.29) is 6.04 Å². The highest BCUT2D eigenvalue weighted by molar-refractivity contribution is 6.35. The molecular weight excluding hydrogens is 499 g/mol. The molecule has 7 nitrogen and oxygen atoms in total. The molecule has 1 aromatic heterocycles. The number of hydroxylamine groups is 1. The van der Waals surface area contributed by atoms with Gasteiger partial charge in [0.25, 0.3) is 0 Å². The summed E-state index contributed by atoms with van der Waals surface area (Å²) < 4.78 is 11.8. The van der Waals surface area contributed by atoms with Crippen molar-refractivity contribution in [3.8, 4) is 11.6 Å². The van der Waals surface area contributed by atoms with Crippen LogP contribution >= 0.6 is 23.2 Å². The molecule has 0 saturated heterocycles. The van der Waals surface area contributed by atoms with E-state index in [1.165, 1.54) is 18.4 Å². The molecule has 0 spiro atoms. The largest absolute Gasteiger partial charge is 0.492 e. The second-order valence-corrected chi connectivity index (χ2v) is 9.58. The minimum Gasteiger partial charge on any atom is -0.492 e. The highest BCUT2D eigenvalue weighted by Gasteiger charge is 2.25.